The molecule has 1 fully saturated rings. The summed E-state index contributed by atoms with van der Waals surface area (Å²) in [5.41, 5.74) is 0.673. The molecule has 0 N–H and O–H groups in total. The minimum Gasteiger partial charge on any atom is -0.424 e. The van der Waals surface area contributed by atoms with Crippen molar-refractivity contribution < 1.29 is 8.81 Å². The summed E-state index contributed by atoms with van der Waals surface area (Å²) in [6, 6.07) is 6.79. The highest BCUT2D eigenvalue weighted by molar-refractivity contribution is 5.17. The standard InChI is InChI=1S/C14H16FN3O/c1-18(8-11-4-2-3-5-12(11)15)9-13-16-17-14(19-13)10-6-7-10/h2-5,10H,6-9H2,1H3. The summed E-state index contributed by atoms with van der Waals surface area (Å²) < 4.78 is 19.1. The summed E-state index contributed by atoms with van der Waals surface area (Å²) in [4.78, 5) is 1.96. The lowest BCUT2D eigenvalue weighted by Gasteiger charge is -2.14. The Morgan fingerprint density at radius 1 is 1.26 bits per heavy atom. The lowest BCUT2D eigenvalue weighted by Crippen LogP contribution is -2.18. The molecule has 1 aromatic heterocycles. The van der Waals surface area contributed by atoms with E-state index in [2.05, 4.69) is 10.2 Å². The first kappa shape index (κ1) is 12.3. The van der Waals surface area contributed by atoms with Gasteiger partial charge in [0.1, 0.15) is 5.82 Å². The molecule has 3 rings (SSSR count). The van der Waals surface area contributed by atoms with E-state index in [0.29, 0.717) is 30.5 Å². The topological polar surface area (TPSA) is 42.2 Å². The molecule has 100 valence electrons. The van der Waals surface area contributed by atoms with Crippen molar-refractivity contribution in [3.63, 3.8) is 0 Å². The molecule has 4 nitrogen and oxygen atoms in total. The summed E-state index contributed by atoms with van der Waals surface area (Å²) >= 11 is 0. The zero-order chi connectivity index (χ0) is 13.2. The summed E-state index contributed by atoms with van der Waals surface area (Å²) in [5, 5.41) is 8.07. The van der Waals surface area contributed by atoms with Crippen LogP contribution in [0.3, 0.4) is 0 Å². The van der Waals surface area contributed by atoms with Crippen LogP contribution in [0.25, 0.3) is 0 Å². The average molecular weight is 261 g/mol. The van der Waals surface area contributed by atoms with Crippen molar-refractivity contribution in [1.29, 1.82) is 0 Å². The Morgan fingerprint density at radius 2 is 2.05 bits per heavy atom. The van der Waals surface area contributed by atoms with Crippen molar-refractivity contribution in [2.45, 2.75) is 31.8 Å². The third-order valence-corrected chi connectivity index (χ3v) is 3.21. The molecule has 0 aliphatic heterocycles. The van der Waals surface area contributed by atoms with Crippen LogP contribution >= 0.6 is 0 Å². The van der Waals surface area contributed by atoms with Gasteiger partial charge in [0.15, 0.2) is 0 Å². The highest BCUT2D eigenvalue weighted by atomic mass is 19.1. The minimum atomic E-state index is -0.182. The van der Waals surface area contributed by atoms with Crippen molar-refractivity contribution in [3.05, 3.63) is 47.4 Å². The lowest BCUT2D eigenvalue weighted by molar-refractivity contribution is 0.274. The second kappa shape index (κ2) is 5.09. The molecule has 1 aromatic carbocycles. The van der Waals surface area contributed by atoms with Crippen molar-refractivity contribution in [2.24, 2.45) is 0 Å². The Bertz CT molecular complexity index is 565. The van der Waals surface area contributed by atoms with E-state index < -0.39 is 0 Å². The second-order valence-electron chi connectivity index (χ2n) is 5.07. The minimum absolute atomic E-state index is 0.182. The molecule has 0 amide bonds. The molecule has 0 spiro atoms. The van der Waals surface area contributed by atoms with Gasteiger partial charge in [0.2, 0.25) is 11.8 Å². The monoisotopic (exact) mass is 261 g/mol. The van der Waals surface area contributed by atoms with E-state index in [1.165, 1.54) is 6.07 Å². The summed E-state index contributed by atoms with van der Waals surface area (Å²) in [5.74, 6) is 1.63. The molecule has 5 heteroatoms. The fraction of sp³-hybridized carbons (Fsp3) is 0.429. The third-order valence-electron chi connectivity index (χ3n) is 3.21. The molecule has 0 saturated heterocycles. The van der Waals surface area contributed by atoms with E-state index in [1.807, 2.05) is 18.0 Å². The van der Waals surface area contributed by atoms with E-state index in [-0.39, 0.29) is 5.82 Å². The van der Waals surface area contributed by atoms with Gasteiger partial charge in [-0.3, -0.25) is 4.90 Å². The van der Waals surface area contributed by atoms with E-state index in [4.69, 9.17) is 4.42 Å². The van der Waals surface area contributed by atoms with Gasteiger partial charge < -0.3 is 4.42 Å². The second-order valence-corrected chi connectivity index (χ2v) is 5.07. The van der Waals surface area contributed by atoms with E-state index in [1.54, 1.807) is 12.1 Å². The molecule has 1 saturated carbocycles. The number of hydrogen-bond donors (Lipinski definition) is 0. The Kier molecular flexibility index (Phi) is 3.29. The summed E-state index contributed by atoms with van der Waals surface area (Å²) in [6.45, 7) is 1.06. The van der Waals surface area contributed by atoms with Crippen LogP contribution in [0.4, 0.5) is 4.39 Å². The van der Waals surface area contributed by atoms with E-state index >= 15 is 0 Å². The maximum absolute atomic E-state index is 13.5. The van der Waals surface area contributed by atoms with Gasteiger partial charge in [-0.15, -0.1) is 10.2 Å². The average Bonchev–Trinajstić information content (AvgIpc) is 3.14. The molecule has 2 aromatic rings. The third kappa shape index (κ3) is 2.98. The van der Waals surface area contributed by atoms with Gasteiger partial charge in [-0.2, -0.15) is 0 Å². The van der Waals surface area contributed by atoms with E-state index in [9.17, 15) is 4.39 Å². The van der Waals surface area contributed by atoms with Crippen LogP contribution in [-0.2, 0) is 13.1 Å². The summed E-state index contributed by atoms with van der Waals surface area (Å²) in [7, 11) is 1.91. The normalized spacial score (nSPS) is 15.1. The number of nitrogens with zero attached hydrogens (tertiary/aromatic N) is 3. The largest absolute Gasteiger partial charge is 0.424 e. The first-order chi connectivity index (χ1) is 9.22. The van der Waals surface area contributed by atoms with Crippen LogP contribution in [0.15, 0.2) is 28.7 Å². The molecule has 1 heterocycles. The van der Waals surface area contributed by atoms with Crippen molar-refractivity contribution in [3.8, 4) is 0 Å². The SMILES string of the molecule is CN(Cc1nnc(C2CC2)o1)Cc1ccccc1F. The van der Waals surface area contributed by atoms with Crippen molar-refractivity contribution >= 4 is 0 Å². The Hall–Kier alpha value is -1.75. The number of halogens is 1. The quantitative estimate of drug-likeness (QED) is 0.830. The first-order valence-electron chi connectivity index (χ1n) is 6.46. The number of rotatable bonds is 5. The van der Waals surface area contributed by atoms with Crippen LogP contribution in [0.5, 0.6) is 0 Å². The zero-order valence-electron chi connectivity index (χ0n) is 10.8. The molecule has 0 unspecified atom stereocenters. The highest BCUT2D eigenvalue weighted by Gasteiger charge is 2.29. The van der Waals surface area contributed by atoms with E-state index in [0.717, 1.165) is 18.7 Å². The highest BCUT2D eigenvalue weighted by Crippen LogP contribution is 2.39. The van der Waals surface area contributed by atoms with Gasteiger partial charge in [0, 0.05) is 18.0 Å². The van der Waals surface area contributed by atoms with Crippen LogP contribution in [0, 0.1) is 5.82 Å². The molecule has 0 atom stereocenters. The van der Waals surface area contributed by atoms with Gasteiger partial charge >= 0.3 is 0 Å². The van der Waals surface area contributed by atoms with Crippen molar-refractivity contribution in [1.82, 2.24) is 15.1 Å². The van der Waals surface area contributed by atoms with Crippen LogP contribution in [0.1, 0.15) is 36.1 Å². The van der Waals surface area contributed by atoms with Gasteiger partial charge in [-0.1, -0.05) is 18.2 Å². The lowest BCUT2D eigenvalue weighted by atomic mass is 10.2. The van der Waals surface area contributed by atoms with Crippen LogP contribution in [-0.4, -0.2) is 22.1 Å². The molecule has 1 aliphatic carbocycles. The predicted octanol–water partition coefficient (Wildman–Crippen LogP) is 2.72. The van der Waals surface area contributed by atoms with Crippen LogP contribution in [0.2, 0.25) is 0 Å². The Morgan fingerprint density at radius 3 is 2.79 bits per heavy atom. The zero-order valence-corrected chi connectivity index (χ0v) is 10.8. The smallest absolute Gasteiger partial charge is 0.230 e. The van der Waals surface area contributed by atoms with Crippen LogP contribution < -0.4 is 0 Å². The fourth-order valence-corrected chi connectivity index (χ4v) is 2.03. The Labute approximate surface area is 111 Å². The maximum atomic E-state index is 13.5. The number of aromatic nitrogens is 2. The predicted molar refractivity (Wildman–Crippen MR) is 67.8 cm³/mol. The molecule has 1 aliphatic rings. The number of hydrogen-bond acceptors (Lipinski definition) is 4. The van der Waals surface area contributed by atoms with Gasteiger partial charge in [0.25, 0.3) is 0 Å². The van der Waals surface area contributed by atoms with Gasteiger partial charge in [-0.25, -0.2) is 4.39 Å². The van der Waals surface area contributed by atoms with Crippen molar-refractivity contribution in [2.75, 3.05) is 7.05 Å². The van der Waals surface area contributed by atoms with Gasteiger partial charge in [-0.05, 0) is 26.0 Å². The molecule has 19 heavy (non-hydrogen) atoms. The Balaban J connectivity index is 1.61. The molecule has 0 bridgehead atoms. The molecular formula is C14H16FN3O. The first-order valence-corrected chi connectivity index (χ1v) is 6.46. The maximum Gasteiger partial charge on any atom is 0.230 e. The number of benzene rings is 1. The van der Waals surface area contributed by atoms with Gasteiger partial charge in [0.05, 0.1) is 6.54 Å². The fourth-order valence-electron chi connectivity index (χ4n) is 2.03. The molecular weight excluding hydrogens is 245 g/mol. The summed E-state index contributed by atoms with van der Waals surface area (Å²) in [6.07, 6.45) is 2.29. The molecule has 0 radical (unpaired) electrons.